The van der Waals surface area contributed by atoms with Crippen molar-refractivity contribution in [2.24, 2.45) is 10.9 Å². The summed E-state index contributed by atoms with van der Waals surface area (Å²) in [6, 6.07) is 16.6. The molecular weight excluding hydrogens is 398 g/mol. The van der Waals surface area contributed by atoms with E-state index in [2.05, 4.69) is 24.3 Å². The molecule has 1 saturated heterocycles. The molecule has 2 heterocycles. The normalized spacial score (nSPS) is 19.6. The van der Waals surface area contributed by atoms with Gasteiger partial charge >= 0.3 is 0 Å². The van der Waals surface area contributed by atoms with Crippen LogP contribution < -0.4 is 14.2 Å². The Morgan fingerprint density at radius 1 is 0.933 bits per heavy atom. The van der Waals surface area contributed by atoms with Gasteiger partial charge in [0.1, 0.15) is 6.61 Å². The van der Waals surface area contributed by atoms with Crippen molar-refractivity contribution in [2.75, 3.05) is 27.9 Å². The van der Waals surface area contributed by atoms with E-state index in [0.717, 1.165) is 33.3 Å². The maximum absolute atomic E-state index is 5.77. The molecule has 3 aromatic rings. The highest BCUT2D eigenvalue weighted by Gasteiger charge is 2.43. The maximum Gasteiger partial charge on any atom is 0.203 e. The van der Waals surface area contributed by atoms with Crippen molar-refractivity contribution in [3.63, 3.8) is 0 Å². The van der Waals surface area contributed by atoms with E-state index in [9.17, 15) is 0 Å². The molecule has 30 heavy (non-hydrogen) atoms. The fourth-order valence-electron chi connectivity index (χ4n) is 4.51. The second-order valence-corrected chi connectivity index (χ2v) is 7.75. The van der Waals surface area contributed by atoms with Crippen molar-refractivity contribution in [3.05, 3.63) is 59.7 Å². The Labute approximate surface area is 180 Å². The van der Waals surface area contributed by atoms with E-state index in [4.69, 9.17) is 36.2 Å². The molecule has 0 N–H and O–H groups in total. The van der Waals surface area contributed by atoms with E-state index in [1.54, 1.807) is 21.3 Å². The number of thiocarbonyl (C=S) groups is 1. The molecule has 2 aliphatic heterocycles. The van der Waals surface area contributed by atoms with Crippen LogP contribution in [-0.2, 0) is 4.74 Å². The second-order valence-electron chi connectivity index (χ2n) is 7.35. The fraction of sp³-hybridized carbons (Fsp3) is 0.250. The van der Waals surface area contributed by atoms with Crippen LogP contribution >= 0.6 is 12.2 Å². The topological polar surface area (TPSA) is 49.3 Å². The molecule has 152 valence electrons. The van der Waals surface area contributed by atoms with Crippen LogP contribution in [0.4, 0.5) is 5.69 Å². The zero-order valence-electron chi connectivity index (χ0n) is 17.0. The van der Waals surface area contributed by atoms with Crippen LogP contribution in [0.2, 0.25) is 0 Å². The van der Waals surface area contributed by atoms with Gasteiger partial charge in [-0.3, -0.25) is 4.99 Å². The summed E-state index contributed by atoms with van der Waals surface area (Å²) in [5.41, 5.74) is 4.07. The monoisotopic (exact) mass is 419 g/mol. The molecule has 0 amide bonds. The molecule has 5 rings (SSSR count). The molecular formula is C24H21NO4S. The van der Waals surface area contributed by atoms with Crippen molar-refractivity contribution in [1.82, 2.24) is 0 Å². The van der Waals surface area contributed by atoms with Crippen molar-refractivity contribution in [2.45, 2.75) is 5.92 Å². The number of fused-ring (bicyclic) bond motifs is 4. The highest BCUT2D eigenvalue weighted by molar-refractivity contribution is 7.80. The standard InChI is InChI=1S/C24H21NO4S/c1-26-18-10-14(11-19(27-2)23(18)28-3)20-16-9-8-13-6-4-5-7-15(13)22(16)25-17-12-29-24(30)21(17)20/h4-11,20-21H,12H2,1-3H3. The molecule has 0 spiro atoms. The van der Waals surface area contributed by atoms with E-state index < -0.39 is 0 Å². The highest BCUT2D eigenvalue weighted by Crippen LogP contribution is 2.50. The minimum absolute atomic E-state index is 0.0548. The lowest BCUT2D eigenvalue weighted by atomic mass is 9.76. The lowest BCUT2D eigenvalue weighted by Crippen LogP contribution is -2.27. The Bertz CT molecular complexity index is 1180. The summed E-state index contributed by atoms with van der Waals surface area (Å²) in [6.45, 7) is 0.424. The smallest absolute Gasteiger partial charge is 0.203 e. The predicted octanol–water partition coefficient (Wildman–Crippen LogP) is 5.06. The number of methoxy groups -OCH3 is 3. The van der Waals surface area contributed by atoms with Gasteiger partial charge in [0.2, 0.25) is 5.75 Å². The summed E-state index contributed by atoms with van der Waals surface area (Å²) in [5.74, 6) is 1.64. The van der Waals surface area contributed by atoms with Gasteiger partial charge in [-0.2, -0.15) is 0 Å². The molecule has 0 aliphatic carbocycles. The molecule has 2 unspecified atom stereocenters. The Morgan fingerprint density at radius 3 is 2.37 bits per heavy atom. The summed E-state index contributed by atoms with van der Waals surface area (Å²) in [7, 11) is 4.85. The van der Waals surface area contributed by atoms with Gasteiger partial charge in [-0.25, -0.2) is 0 Å². The van der Waals surface area contributed by atoms with Crippen LogP contribution in [0.3, 0.4) is 0 Å². The number of rotatable bonds is 4. The molecule has 1 fully saturated rings. The van der Waals surface area contributed by atoms with E-state index in [0.29, 0.717) is 28.9 Å². The van der Waals surface area contributed by atoms with E-state index in [1.165, 1.54) is 0 Å². The third-order valence-corrected chi connectivity index (χ3v) is 6.25. The zero-order chi connectivity index (χ0) is 20.8. The summed E-state index contributed by atoms with van der Waals surface area (Å²) in [6.07, 6.45) is 0. The third-order valence-electron chi connectivity index (χ3n) is 5.88. The number of nitrogens with zero attached hydrogens (tertiary/aromatic N) is 1. The summed E-state index contributed by atoms with van der Waals surface area (Å²) in [5, 5.41) is 2.85. The molecule has 0 aromatic heterocycles. The van der Waals surface area contributed by atoms with Crippen molar-refractivity contribution in [1.29, 1.82) is 0 Å². The first-order valence-electron chi connectivity index (χ1n) is 9.72. The minimum atomic E-state index is -0.100. The maximum atomic E-state index is 5.77. The van der Waals surface area contributed by atoms with Gasteiger partial charge in [0.05, 0.1) is 38.6 Å². The molecule has 6 heteroatoms. The SMILES string of the molecule is COc1cc(C2c3ccc4ccccc4c3N=C3COC(=S)C32)cc(OC)c1OC. The van der Waals surface area contributed by atoms with Gasteiger partial charge in [-0.1, -0.05) is 36.4 Å². The second kappa shape index (κ2) is 7.29. The first-order chi connectivity index (χ1) is 14.7. The van der Waals surface area contributed by atoms with Crippen LogP contribution in [0, 0.1) is 5.92 Å². The molecule has 2 atom stereocenters. The molecule has 5 nitrogen and oxygen atoms in total. The number of ether oxygens (including phenoxy) is 4. The Balaban J connectivity index is 1.79. The average molecular weight is 420 g/mol. The van der Waals surface area contributed by atoms with Crippen LogP contribution in [0.5, 0.6) is 17.2 Å². The van der Waals surface area contributed by atoms with E-state index in [1.807, 2.05) is 24.3 Å². The summed E-state index contributed by atoms with van der Waals surface area (Å²) in [4.78, 5) is 5.00. The average Bonchev–Trinajstić information content (AvgIpc) is 3.16. The first-order valence-corrected chi connectivity index (χ1v) is 10.1. The number of benzene rings is 3. The van der Waals surface area contributed by atoms with Crippen LogP contribution in [0.25, 0.3) is 10.8 Å². The molecule has 2 aliphatic rings. The van der Waals surface area contributed by atoms with Gasteiger partial charge in [0, 0.05) is 11.3 Å². The lowest BCUT2D eigenvalue weighted by Gasteiger charge is -2.30. The third kappa shape index (κ3) is 2.75. The van der Waals surface area contributed by atoms with Gasteiger partial charge in [-0.05, 0) is 40.9 Å². The lowest BCUT2D eigenvalue weighted by molar-refractivity contribution is 0.323. The van der Waals surface area contributed by atoms with E-state index in [-0.39, 0.29) is 11.8 Å². The van der Waals surface area contributed by atoms with Crippen LogP contribution in [-0.4, -0.2) is 38.7 Å². The minimum Gasteiger partial charge on any atom is -0.493 e. The largest absolute Gasteiger partial charge is 0.493 e. The zero-order valence-corrected chi connectivity index (χ0v) is 17.8. The Hall–Kier alpha value is -3.12. The summed E-state index contributed by atoms with van der Waals surface area (Å²) < 4.78 is 22.5. The van der Waals surface area contributed by atoms with Gasteiger partial charge in [0.15, 0.2) is 16.5 Å². The first kappa shape index (κ1) is 18.9. The van der Waals surface area contributed by atoms with Crippen molar-refractivity contribution >= 4 is 39.4 Å². The Morgan fingerprint density at radius 2 is 1.67 bits per heavy atom. The highest BCUT2D eigenvalue weighted by atomic mass is 32.1. The molecule has 0 saturated carbocycles. The molecule has 0 radical (unpaired) electrons. The Kier molecular flexibility index (Phi) is 4.59. The van der Waals surface area contributed by atoms with Crippen molar-refractivity contribution in [3.8, 4) is 17.2 Å². The quantitative estimate of drug-likeness (QED) is 0.554. The fourth-order valence-corrected chi connectivity index (χ4v) is 4.85. The number of hydrogen-bond acceptors (Lipinski definition) is 6. The number of hydrogen-bond donors (Lipinski definition) is 0. The summed E-state index contributed by atoms with van der Waals surface area (Å²) >= 11 is 5.60. The van der Waals surface area contributed by atoms with Crippen LogP contribution in [0.15, 0.2) is 53.5 Å². The van der Waals surface area contributed by atoms with Crippen LogP contribution in [0.1, 0.15) is 17.0 Å². The predicted molar refractivity (Wildman–Crippen MR) is 121 cm³/mol. The van der Waals surface area contributed by atoms with E-state index >= 15 is 0 Å². The molecule has 0 bridgehead atoms. The van der Waals surface area contributed by atoms with Crippen molar-refractivity contribution < 1.29 is 18.9 Å². The van der Waals surface area contributed by atoms with Gasteiger partial charge < -0.3 is 18.9 Å². The number of aliphatic imine (C=N–C) groups is 1. The van der Waals surface area contributed by atoms with Gasteiger partial charge in [-0.15, -0.1) is 0 Å². The molecule has 3 aromatic carbocycles. The van der Waals surface area contributed by atoms with Gasteiger partial charge in [0.25, 0.3) is 0 Å².